The second-order valence-electron chi connectivity index (χ2n) is 7.46. The Kier molecular flexibility index (Phi) is 3.22. The summed E-state index contributed by atoms with van der Waals surface area (Å²) < 4.78 is 11.9. The van der Waals surface area contributed by atoms with Gasteiger partial charge in [-0.15, -0.1) is 0 Å². The molecule has 104 valence electrons. The van der Waals surface area contributed by atoms with Crippen LogP contribution in [-0.2, 0) is 9.47 Å². The molecule has 0 aromatic heterocycles. The molecule has 3 rings (SSSR count). The predicted molar refractivity (Wildman–Crippen MR) is 72.1 cm³/mol. The fourth-order valence-electron chi connectivity index (χ4n) is 4.80. The van der Waals surface area contributed by atoms with Crippen LogP contribution in [-0.4, -0.2) is 19.5 Å². The third-order valence-electron chi connectivity index (χ3n) is 6.08. The summed E-state index contributed by atoms with van der Waals surface area (Å²) in [6.07, 6.45) is 4.08. The summed E-state index contributed by atoms with van der Waals surface area (Å²) >= 11 is 0. The van der Waals surface area contributed by atoms with Gasteiger partial charge in [0.1, 0.15) is 0 Å². The average molecular weight is 252 g/mol. The Hall–Kier alpha value is -0.0800. The third kappa shape index (κ3) is 1.84. The van der Waals surface area contributed by atoms with Gasteiger partial charge in [-0.3, -0.25) is 0 Å². The van der Waals surface area contributed by atoms with E-state index in [9.17, 15) is 0 Å². The monoisotopic (exact) mass is 252 g/mol. The molecule has 0 aromatic carbocycles. The largest absolute Gasteiger partial charge is 0.352 e. The summed E-state index contributed by atoms with van der Waals surface area (Å²) in [5.74, 6) is 4.08. The predicted octanol–water partition coefficient (Wildman–Crippen LogP) is 3.70. The lowest BCUT2D eigenvalue weighted by molar-refractivity contribution is -0.262. The van der Waals surface area contributed by atoms with Crippen molar-refractivity contribution in [3.8, 4) is 0 Å². The number of ether oxygens (including phenoxy) is 2. The molecule has 3 fully saturated rings. The van der Waals surface area contributed by atoms with Crippen LogP contribution in [0.4, 0.5) is 0 Å². The van der Waals surface area contributed by atoms with Crippen LogP contribution in [0.2, 0.25) is 0 Å². The van der Waals surface area contributed by atoms with E-state index in [4.69, 9.17) is 9.47 Å². The number of hydrogen-bond acceptors (Lipinski definition) is 2. The molecule has 2 saturated heterocycles. The first kappa shape index (κ1) is 12.9. The molecule has 0 spiro atoms. The molecule has 1 aliphatic carbocycles. The van der Waals surface area contributed by atoms with Crippen molar-refractivity contribution >= 4 is 0 Å². The highest BCUT2D eigenvalue weighted by molar-refractivity contribution is 5.02. The highest BCUT2D eigenvalue weighted by Crippen LogP contribution is 2.58. The van der Waals surface area contributed by atoms with Crippen LogP contribution in [0.1, 0.15) is 47.0 Å². The lowest BCUT2D eigenvalue weighted by Gasteiger charge is -2.48. The zero-order valence-corrected chi connectivity index (χ0v) is 12.3. The van der Waals surface area contributed by atoms with Crippen molar-refractivity contribution in [2.45, 2.75) is 53.2 Å². The van der Waals surface area contributed by atoms with E-state index in [0.717, 1.165) is 36.9 Å². The molecule has 0 amide bonds. The minimum atomic E-state index is 0.107. The first-order chi connectivity index (χ1) is 8.54. The van der Waals surface area contributed by atoms with E-state index in [1.165, 1.54) is 19.3 Å². The van der Waals surface area contributed by atoms with Gasteiger partial charge in [0.05, 0.1) is 13.2 Å². The summed E-state index contributed by atoms with van der Waals surface area (Å²) in [7, 11) is 0. The Balaban J connectivity index is 1.88. The Bertz CT molecular complexity index is 312. The van der Waals surface area contributed by atoms with E-state index in [2.05, 4.69) is 27.7 Å². The van der Waals surface area contributed by atoms with Crippen LogP contribution in [0.5, 0.6) is 0 Å². The zero-order chi connectivity index (χ0) is 12.9. The highest BCUT2D eigenvalue weighted by atomic mass is 16.7. The SMILES string of the molecule is CCC(C)C1CC2C3[C@H](OCC[C@@H]13)OCC2(C)C. The van der Waals surface area contributed by atoms with Gasteiger partial charge in [0.15, 0.2) is 6.29 Å². The smallest absolute Gasteiger partial charge is 0.160 e. The quantitative estimate of drug-likeness (QED) is 0.746. The zero-order valence-electron chi connectivity index (χ0n) is 12.3. The third-order valence-corrected chi connectivity index (χ3v) is 6.08. The van der Waals surface area contributed by atoms with Crippen LogP contribution in [0.15, 0.2) is 0 Å². The van der Waals surface area contributed by atoms with Gasteiger partial charge in [0.25, 0.3) is 0 Å². The molecule has 6 atom stereocenters. The molecule has 0 N–H and O–H groups in total. The van der Waals surface area contributed by atoms with Crippen molar-refractivity contribution in [1.82, 2.24) is 0 Å². The fourth-order valence-corrected chi connectivity index (χ4v) is 4.80. The summed E-state index contributed by atoms with van der Waals surface area (Å²) in [4.78, 5) is 0. The van der Waals surface area contributed by atoms with Gasteiger partial charge in [0, 0.05) is 5.92 Å². The standard InChI is InChI=1S/C16H28O2/c1-5-10(2)12-8-13-14-11(12)6-7-17-15(14)18-9-16(13,3)4/h10-15H,5-9H2,1-4H3/t10?,11-,12?,13?,14?,15+/m0/s1. The molecule has 2 aliphatic heterocycles. The minimum absolute atomic E-state index is 0.107. The van der Waals surface area contributed by atoms with Gasteiger partial charge in [-0.25, -0.2) is 0 Å². The maximum atomic E-state index is 6.02. The topological polar surface area (TPSA) is 18.5 Å². The molecule has 0 aromatic rings. The van der Waals surface area contributed by atoms with Gasteiger partial charge in [-0.1, -0.05) is 34.1 Å². The molecular weight excluding hydrogens is 224 g/mol. The molecule has 18 heavy (non-hydrogen) atoms. The molecule has 3 aliphatic rings. The van der Waals surface area contributed by atoms with E-state index in [0.29, 0.717) is 11.3 Å². The lowest BCUT2D eigenvalue weighted by atomic mass is 9.69. The average Bonchev–Trinajstić information content (AvgIpc) is 2.75. The van der Waals surface area contributed by atoms with Gasteiger partial charge >= 0.3 is 0 Å². The Morgan fingerprint density at radius 1 is 1.28 bits per heavy atom. The Morgan fingerprint density at radius 3 is 2.78 bits per heavy atom. The maximum absolute atomic E-state index is 6.02. The van der Waals surface area contributed by atoms with Crippen molar-refractivity contribution in [3.63, 3.8) is 0 Å². The van der Waals surface area contributed by atoms with Crippen molar-refractivity contribution in [1.29, 1.82) is 0 Å². The second kappa shape index (κ2) is 4.49. The van der Waals surface area contributed by atoms with Gasteiger partial charge in [-0.05, 0) is 41.9 Å². The summed E-state index contributed by atoms with van der Waals surface area (Å²) in [5.41, 5.74) is 0.336. The van der Waals surface area contributed by atoms with Crippen LogP contribution in [0.3, 0.4) is 0 Å². The molecule has 2 heteroatoms. The summed E-state index contributed by atoms with van der Waals surface area (Å²) in [6, 6.07) is 0. The first-order valence-corrected chi connectivity index (χ1v) is 7.78. The van der Waals surface area contributed by atoms with Crippen LogP contribution in [0, 0.1) is 35.0 Å². The van der Waals surface area contributed by atoms with E-state index >= 15 is 0 Å². The molecule has 1 saturated carbocycles. The minimum Gasteiger partial charge on any atom is -0.352 e. The van der Waals surface area contributed by atoms with E-state index in [1.54, 1.807) is 0 Å². The second-order valence-corrected chi connectivity index (χ2v) is 7.46. The normalized spacial score (nSPS) is 47.7. The Morgan fingerprint density at radius 2 is 2.06 bits per heavy atom. The molecule has 2 nitrogen and oxygen atoms in total. The summed E-state index contributed by atoms with van der Waals surface area (Å²) in [6.45, 7) is 11.3. The van der Waals surface area contributed by atoms with E-state index in [-0.39, 0.29) is 6.29 Å². The van der Waals surface area contributed by atoms with Crippen molar-refractivity contribution in [2.75, 3.05) is 13.2 Å². The van der Waals surface area contributed by atoms with E-state index < -0.39 is 0 Å². The molecule has 0 bridgehead atoms. The van der Waals surface area contributed by atoms with Crippen molar-refractivity contribution in [2.24, 2.45) is 35.0 Å². The first-order valence-electron chi connectivity index (χ1n) is 7.78. The van der Waals surface area contributed by atoms with Crippen LogP contribution < -0.4 is 0 Å². The maximum Gasteiger partial charge on any atom is 0.160 e. The molecule has 4 unspecified atom stereocenters. The van der Waals surface area contributed by atoms with Crippen molar-refractivity contribution in [3.05, 3.63) is 0 Å². The molecular formula is C16H28O2. The van der Waals surface area contributed by atoms with Crippen molar-refractivity contribution < 1.29 is 9.47 Å². The fraction of sp³-hybridized carbons (Fsp3) is 1.00. The molecule has 2 heterocycles. The van der Waals surface area contributed by atoms with Gasteiger partial charge in [0.2, 0.25) is 0 Å². The molecule has 0 radical (unpaired) electrons. The van der Waals surface area contributed by atoms with Crippen LogP contribution in [0.25, 0.3) is 0 Å². The highest BCUT2D eigenvalue weighted by Gasteiger charge is 2.57. The Labute approximate surface area is 111 Å². The number of hydrogen-bond donors (Lipinski definition) is 0. The van der Waals surface area contributed by atoms with Gasteiger partial charge < -0.3 is 9.47 Å². The van der Waals surface area contributed by atoms with Gasteiger partial charge in [-0.2, -0.15) is 0 Å². The van der Waals surface area contributed by atoms with E-state index in [1.807, 2.05) is 0 Å². The summed E-state index contributed by atoms with van der Waals surface area (Å²) in [5, 5.41) is 0. The van der Waals surface area contributed by atoms with Crippen LogP contribution >= 0.6 is 0 Å². The number of rotatable bonds is 2. The lowest BCUT2D eigenvalue weighted by Crippen LogP contribution is -2.50.